The zero-order valence-corrected chi connectivity index (χ0v) is 12.5. The molecule has 1 fully saturated rings. The van der Waals surface area contributed by atoms with E-state index in [0.29, 0.717) is 6.61 Å². The molecule has 1 aliphatic heterocycles. The van der Waals surface area contributed by atoms with E-state index < -0.39 is 0 Å². The minimum Gasteiger partial charge on any atom is -0.492 e. The quantitative estimate of drug-likeness (QED) is 0.846. The van der Waals surface area contributed by atoms with E-state index in [4.69, 9.17) is 9.47 Å². The highest BCUT2D eigenvalue weighted by molar-refractivity contribution is 5.83. The van der Waals surface area contributed by atoms with Crippen LogP contribution in [0.1, 0.15) is 12.5 Å². The molecule has 0 N–H and O–H groups in total. The molecule has 0 saturated carbocycles. The fourth-order valence-electron chi connectivity index (χ4n) is 2.70. The summed E-state index contributed by atoms with van der Waals surface area (Å²) in [5.41, 5.74) is 2.35. The summed E-state index contributed by atoms with van der Waals surface area (Å²) in [7, 11) is 0. The lowest BCUT2D eigenvalue weighted by Gasteiger charge is -2.26. The average Bonchev–Trinajstić information content (AvgIpc) is 2.55. The van der Waals surface area contributed by atoms with Crippen LogP contribution in [-0.4, -0.2) is 49.3 Å². The van der Waals surface area contributed by atoms with E-state index in [1.54, 1.807) is 0 Å². The Hall–Kier alpha value is -1.65. The lowest BCUT2D eigenvalue weighted by atomic mass is 10.1. The molecule has 2 heterocycles. The Labute approximate surface area is 125 Å². The number of pyridine rings is 1. The summed E-state index contributed by atoms with van der Waals surface area (Å²) in [4.78, 5) is 6.81. The van der Waals surface area contributed by atoms with E-state index in [-0.39, 0.29) is 0 Å². The topological polar surface area (TPSA) is 34.6 Å². The Morgan fingerprint density at radius 1 is 1.24 bits per heavy atom. The summed E-state index contributed by atoms with van der Waals surface area (Å²) in [5, 5.41) is 1.22. The third-order valence-electron chi connectivity index (χ3n) is 3.97. The molecule has 1 saturated heterocycles. The highest BCUT2D eigenvalue weighted by Gasteiger charge is 2.10. The van der Waals surface area contributed by atoms with E-state index in [9.17, 15) is 0 Å². The molecule has 0 atom stereocenters. The molecule has 0 spiro atoms. The summed E-state index contributed by atoms with van der Waals surface area (Å²) >= 11 is 0. The number of nitrogens with zero attached hydrogens (tertiary/aromatic N) is 2. The molecule has 0 bridgehead atoms. The predicted octanol–water partition coefficient (Wildman–Crippen LogP) is 2.51. The first kappa shape index (κ1) is 14.3. The molecule has 2 aromatic rings. The van der Waals surface area contributed by atoms with Crippen LogP contribution in [0.4, 0.5) is 0 Å². The van der Waals surface area contributed by atoms with Crippen molar-refractivity contribution in [2.24, 2.45) is 0 Å². The lowest BCUT2D eigenvalue weighted by molar-refractivity contribution is 0.0322. The van der Waals surface area contributed by atoms with Crippen molar-refractivity contribution in [1.82, 2.24) is 9.88 Å². The lowest BCUT2D eigenvalue weighted by Crippen LogP contribution is -2.38. The van der Waals surface area contributed by atoms with E-state index in [0.717, 1.165) is 50.5 Å². The number of aryl methyl sites for hydroxylation is 1. The molecule has 0 unspecified atom stereocenters. The summed E-state index contributed by atoms with van der Waals surface area (Å²) in [6.07, 6.45) is 2.90. The molecular formula is C17H22N2O2. The highest BCUT2D eigenvalue weighted by atomic mass is 16.5. The zero-order chi connectivity index (χ0) is 14.5. The van der Waals surface area contributed by atoms with Crippen LogP contribution in [0.25, 0.3) is 10.9 Å². The van der Waals surface area contributed by atoms with Gasteiger partial charge in [0.1, 0.15) is 12.4 Å². The minimum atomic E-state index is 0.707. The maximum absolute atomic E-state index is 5.87. The van der Waals surface area contributed by atoms with Crippen LogP contribution in [0.5, 0.6) is 5.75 Å². The molecule has 1 aliphatic rings. The van der Waals surface area contributed by atoms with Crippen molar-refractivity contribution >= 4 is 10.9 Å². The molecule has 3 rings (SSSR count). The Morgan fingerprint density at radius 2 is 2.10 bits per heavy atom. The van der Waals surface area contributed by atoms with Crippen molar-refractivity contribution < 1.29 is 9.47 Å². The number of benzene rings is 1. The SMILES string of the molecule is CCc1ccnc2cc(OCCN3CCOCC3)ccc12. The fraction of sp³-hybridized carbons (Fsp3) is 0.471. The summed E-state index contributed by atoms with van der Waals surface area (Å²) in [5.74, 6) is 0.900. The van der Waals surface area contributed by atoms with Gasteiger partial charge in [-0.25, -0.2) is 0 Å². The van der Waals surface area contributed by atoms with E-state index in [1.807, 2.05) is 18.3 Å². The largest absolute Gasteiger partial charge is 0.492 e. The highest BCUT2D eigenvalue weighted by Crippen LogP contribution is 2.22. The van der Waals surface area contributed by atoms with Gasteiger partial charge in [0.15, 0.2) is 0 Å². The van der Waals surface area contributed by atoms with E-state index in [1.165, 1.54) is 10.9 Å². The van der Waals surface area contributed by atoms with Gasteiger partial charge in [0.05, 0.1) is 18.7 Å². The van der Waals surface area contributed by atoms with Crippen LogP contribution >= 0.6 is 0 Å². The van der Waals surface area contributed by atoms with Crippen molar-refractivity contribution in [2.75, 3.05) is 39.5 Å². The second-order valence-electron chi connectivity index (χ2n) is 5.31. The Kier molecular flexibility index (Phi) is 4.68. The van der Waals surface area contributed by atoms with Gasteiger partial charge in [0.25, 0.3) is 0 Å². The van der Waals surface area contributed by atoms with Gasteiger partial charge in [-0.3, -0.25) is 9.88 Å². The molecular weight excluding hydrogens is 264 g/mol. The predicted molar refractivity (Wildman–Crippen MR) is 83.9 cm³/mol. The van der Waals surface area contributed by atoms with Gasteiger partial charge in [-0.1, -0.05) is 6.92 Å². The molecule has 1 aromatic heterocycles. The van der Waals surface area contributed by atoms with Gasteiger partial charge < -0.3 is 9.47 Å². The molecule has 0 aliphatic carbocycles. The van der Waals surface area contributed by atoms with Gasteiger partial charge >= 0.3 is 0 Å². The number of hydrogen-bond donors (Lipinski definition) is 0. The fourth-order valence-corrected chi connectivity index (χ4v) is 2.70. The molecule has 112 valence electrons. The third-order valence-corrected chi connectivity index (χ3v) is 3.97. The van der Waals surface area contributed by atoms with Crippen molar-refractivity contribution in [1.29, 1.82) is 0 Å². The number of rotatable bonds is 5. The van der Waals surface area contributed by atoms with Gasteiger partial charge in [0.2, 0.25) is 0 Å². The second kappa shape index (κ2) is 6.87. The second-order valence-corrected chi connectivity index (χ2v) is 5.31. The Bertz CT molecular complexity index is 594. The van der Waals surface area contributed by atoms with Crippen molar-refractivity contribution in [3.05, 3.63) is 36.0 Å². The molecule has 1 aromatic carbocycles. The van der Waals surface area contributed by atoms with Crippen molar-refractivity contribution in [2.45, 2.75) is 13.3 Å². The molecule has 0 amide bonds. The van der Waals surface area contributed by atoms with Crippen LogP contribution in [0, 0.1) is 0 Å². The summed E-state index contributed by atoms with van der Waals surface area (Å²) in [6.45, 7) is 7.49. The normalized spacial score (nSPS) is 16.2. The van der Waals surface area contributed by atoms with Crippen LogP contribution in [0.15, 0.2) is 30.5 Å². The maximum Gasteiger partial charge on any atom is 0.121 e. The molecule has 4 heteroatoms. The first-order chi connectivity index (χ1) is 10.4. The maximum atomic E-state index is 5.87. The third kappa shape index (κ3) is 3.52. The Balaban J connectivity index is 1.62. The van der Waals surface area contributed by atoms with E-state index >= 15 is 0 Å². The summed E-state index contributed by atoms with van der Waals surface area (Å²) < 4.78 is 11.2. The number of fused-ring (bicyclic) bond motifs is 1. The monoisotopic (exact) mass is 286 g/mol. The van der Waals surface area contributed by atoms with Gasteiger partial charge in [-0.05, 0) is 30.2 Å². The minimum absolute atomic E-state index is 0.707. The first-order valence-electron chi connectivity index (χ1n) is 7.67. The first-order valence-corrected chi connectivity index (χ1v) is 7.67. The smallest absolute Gasteiger partial charge is 0.121 e. The number of ether oxygens (including phenoxy) is 2. The van der Waals surface area contributed by atoms with Gasteiger partial charge in [-0.2, -0.15) is 0 Å². The van der Waals surface area contributed by atoms with Gasteiger partial charge in [-0.15, -0.1) is 0 Å². The number of hydrogen-bond acceptors (Lipinski definition) is 4. The standard InChI is InChI=1S/C17H22N2O2/c1-2-14-5-6-18-17-13-15(3-4-16(14)17)21-12-9-19-7-10-20-11-8-19/h3-6,13H,2,7-12H2,1H3. The van der Waals surface area contributed by atoms with Crippen LogP contribution in [-0.2, 0) is 11.2 Å². The van der Waals surface area contributed by atoms with Crippen LogP contribution in [0.2, 0.25) is 0 Å². The van der Waals surface area contributed by atoms with Crippen molar-refractivity contribution in [3.63, 3.8) is 0 Å². The summed E-state index contributed by atoms with van der Waals surface area (Å²) in [6, 6.07) is 8.28. The zero-order valence-electron chi connectivity index (χ0n) is 12.5. The van der Waals surface area contributed by atoms with Crippen molar-refractivity contribution in [3.8, 4) is 5.75 Å². The number of morpholine rings is 1. The van der Waals surface area contributed by atoms with Gasteiger partial charge in [0, 0.05) is 37.3 Å². The average molecular weight is 286 g/mol. The molecule has 4 nitrogen and oxygen atoms in total. The molecule has 0 radical (unpaired) electrons. The Morgan fingerprint density at radius 3 is 2.90 bits per heavy atom. The number of aromatic nitrogens is 1. The molecule has 21 heavy (non-hydrogen) atoms. The van der Waals surface area contributed by atoms with E-state index in [2.05, 4.69) is 28.9 Å². The van der Waals surface area contributed by atoms with Crippen LogP contribution in [0.3, 0.4) is 0 Å². The van der Waals surface area contributed by atoms with Crippen LogP contribution < -0.4 is 4.74 Å².